The Morgan fingerprint density at radius 1 is 0.593 bits per heavy atom. The van der Waals surface area contributed by atoms with Crippen molar-refractivity contribution in [2.24, 2.45) is 0 Å². The van der Waals surface area contributed by atoms with Gasteiger partial charge in [-0.2, -0.15) is 0 Å². The predicted octanol–water partition coefficient (Wildman–Crippen LogP) is 7.07. The fourth-order valence-corrected chi connectivity index (χ4v) is 10.6. The summed E-state index contributed by atoms with van der Waals surface area (Å²) in [5, 5.41) is 3.41. The molecule has 0 amide bonds. The van der Waals surface area contributed by atoms with Crippen molar-refractivity contribution < 1.29 is 0 Å². The van der Waals surface area contributed by atoms with Gasteiger partial charge in [-0.25, -0.2) is 0 Å². The van der Waals surface area contributed by atoms with Crippen LogP contribution in [0.5, 0.6) is 0 Å². The highest BCUT2D eigenvalue weighted by atomic mass is 28.3. The maximum Gasteiger partial charge on any atom is 0.113 e. The van der Waals surface area contributed by atoms with Crippen molar-refractivity contribution in [3.05, 3.63) is 79.9 Å². The second kappa shape index (κ2) is 6.07. The largest absolute Gasteiger partial charge is 0.113 e. The third kappa shape index (κ3) is 2.70. The molecule has 0 aromatic heterocycles. The van der Waals surface area contributed by atoms with Crippen LogP contribution in [0.4, 0.5) is 0 Å². The molecule has 2 aliphatic rings. The van der Waals surface area contributed by atoms with Gasteiger partial charge in [-0.3, -0.25) is 0 Å². The molecule has 0 saturated carbocycles. The van der Waals surface area contributed by atoms with E-state index in [2.05, 4.69) is 78.9 Å². The fraction of sp³-hybridized carbons (Fsp3) is 0.385. The van der Waals surface area contributed by atoms with E-state index in [-0.39, 0.29) is 0 Å². The van der Waals surface area contributed by atoms with E-state index in [0.29, 0.717) is 0 Å². The summed E-state index contributed by atoms with van der Waals surface area (Å²) in [6.07, 6.45) is 2.27. The van der Waals surface area contributed by atoms with Gasteiger partial charge in [-0.1, -0.05) is 59.6 Å². The zero-order chi connectivity index (χ0) is 19.7. The lowest BCUT2D eigenvalue weighted by Crippen LogP contribution is -2.31. The van der Waals surface area contributed by atoms with Crippen molar-refractivity contribution in [2.45, 2.75) is 67.5 Å². The second-order valence-electron chi connectivity index (χ2n) is 9.52. The third-order valence-corrected chi connectivity index (χ3v) is 10.5. The van der Waals surface area contributed by atoms with Crippen LogP contribution in [-0.4, -0.2) is 8.07 Å². The first-order valence-electron chi connectivity index (χ1n) is 10.2. The zero-order valence-electron chi connectivity index (χ0n) is 18.2. The molecule has 1 heteroatoms. The summed E-state index contributed by atoms with van der Waals surface area (Å²) in [5.74, 6) is 0. The highest BCUT2D eigenvalue weighted by Gasteiger charge is 2.41. The Labute approximate surface area is 166 Å². The van der Waals surface area contributed by atoms with Crippen molar-refractivity contribution in [3.63, 3.8) is 0 Å². The first kappa shape index (κ1) is 18.5. The number of hydrogen-bond donors (Lipinski definition) is 0. The first-order valence-corrected chi connectivity index (χ1v) is 13.2. The highest BCUT2D eigenvalue weighted by molar-refractivity contribution is 7.09. The SMILES string of the molecule is CC1=C([Si](C)(C)C2=C(C)Cc3cc(C)cc(C)c32)c2c(C)cc(C)cc2C1. The summed E-state index contributed by atoms with van der Waals surface area (Å²) in [4.78, 5) is 0. The molecule has 0 aliphatic heterocycles. The Bertz CT molecular complexity index is 961. The van der Waals surface area contributed by atoms with Crippen LogP contribution in [0.3, 0.4) is 0 Å². The maximum atomic E-state index is 2.59. The minimum atomic E-state index is -1.80. The molecule has 2 aromatic rings. The lowest BCUT2D eigenvalue weighted by Gasteiger charge is -2.31. The summed E-state index contributed by atoms with van der Waals surface area (Å²) in [6, 6.07) is 9.59. The van der Waals surface area contributed by atoms with Crippen molar-refractivity contribution in [1.29, 1.82) is 0 Å². The average Bonchev–Trinajstić information content (AvgIpc) is 3.03. The van der Waals surface area contributed by atoms with E-state index in [9.17, 15) is 0 Å². The average molecular weight is 373 g/mol. The molecule has 0 heterocycles. The normalized spacial score (nSPS) is 16.3. The summed E-state index contributed by atoms with van der Waals surface area (Å²) in [7, 11) is -1.80. The van der Waals surface area contributed by atoms with Crippen molar-refractivity contribution in [3.8, 4) is 0 Å². The van der Waals surface area contributed by atoms with Gasteiger partial charge in [0.2, 0.25) is 0 Å². The smallest absolute Gasteiger partial charge is 0.0686 e. The Balaban J connectivity index is 1.93. The topological polar surface area (TPSA) is 0 Å². The molecule has 0 nitrogen and oxygen atoms in total. The standard InChI is InChI=1S/C26H32Si/c1-15-9-17(3)23-21(11-15)13-19(5)25(23)27(7,8)26-20(6)14-22-12-16(2)10-18(4)24(22)26/h9-12H,13-14H2,1-8H3. The van der Waals surface area contributed by atoms with Gasteiger partial charge in [0.15, 0.2) is 0 Å². The van der Waals surface area contributed by atoms with Gasteiger partial charge >= 0.3 is 0 Å². The molecule has 0 N–H and O–H groups in total. The van der Waals surface area contributed by atoms with E-state index in [4.69, 9.17) is 0 Å². The number of hydrogen-bond acceptors (Lipinski definition) is 0. The fourth-order valence-electron chi connectivity index (χ4n) is 6.10. The number of aryl methyl sites for hydroxylation is 4. The summed E-state index contributed by atoms with van der Waals surface area (Å²) < 4.78 is 0. The van der Waals surface area contributed by atoms with E-state index in [0.717, 1.165) is 12.8 Å². The summed E-state index contributed by atoms with van der Waals surface area (Å²) >= 11 is 0. The van der Waals surface area contributed by atoms with E-state index in [1.54, 1.807) is 43.8 Å². The molecule has 2 aliphatic carbocycles. The second-order valence-corrected chi connectivity index (χ2v) is 13.8. The summed E-state index contributed by atoms with van der Waals surface area (Å²) in [5.41, 5.74) is 15.2. The Hall–Kier alpha value is -1.86. The van der Waals surface area contributed by atoms with Gasteiger partial charge < -0.3 is 0 Å². The molecular formula is C26H32Si. The molecule has 0 bridgehead atoms. The predicted molar refractivity (Wildman–Crippen MR) is 122 cm³/mol. The first-order chi connectivity index (χ1) is 12.6. The van der Waals surface area contributed by atoms with Crippen LogP contribution in [0.25, 0.3) is 10.4 Å². The van der Waals surface area contributed by atoms with Crippen LogP contribution in [-0.2, 0) is 12.8 Å². The van der Waals surface area contributed by atoms with Gasteiger partial charge in [-0.15, -0.1) is 0 Å². The Morgan fingerprint density at radius 3 is 1.33 bits per heavy atom. The number of rotatable bonds is 2. The maximum absolute atomic E-state index is 2.59. The lowest BCUT2D eigenvalue weighted by molar-refractivity contribution is 1.17. The number of allylic oxidation sites excluding steroid dienone is 2. The Morgan fingerprint density at radius 2 is 0.963 bits per heavy atom. The molecule has 0 atom stereocenters. The van der Waals surface area contributed by atoms with E-state index in [1.165, 1.54) is 22.3 Å². The summed E-state index contributed by atoms with van der Waals surface area (Å²) in [6.45, 7) is 19.0. The van der Waals surface area contributed by atoms with Gasteiger partial charge in [0.1, 0.15) is 8.07 Å². The minimum absolute atomic E-state index is 1.13. The molecular weight excluding hydrogens is 340 g/mol. The van der Waals surface area contributed by atoms with Crippen LogP contribution in [0.15, 0.2) is 35.4 Å². The monoisotopic (exact) mass is 372 g/mol. The molecule has 4 rings (SSSR count). The van der Waals surface area contributed by atoms with Crippen molar-refractivity contribution in [1.82, 2.24) is 0 Å². The molecule has 0 fully saturated rings. The van der Waals surface area contributed by atoms with Gasteiger partial charge in [0.25, 0.3) is 0 Å². The van der Waals surface area contributed by atoms with Gasteiger partial charge in [-0.05, 0) is 98.2 Å². The van der Waals surface area contributed by atoms with Crippen molar-refractivity contribution in [2.75, 3.05) is 0 Å². The Kier molecular flexibility index (Phi) is 4.16. The van der Waals surface area contributed by atoms with E-state index in [1.807, 2.05) is 0 Å². The number of fused-ring (bicyclic) bond motifs is 2. The minimum Gasteiger partial charge on any atom is -0.0686 e. The van der Waals surface area contributed by atoms with Gasteiger partial charge in [0, 0.05) is 0 Å². The number of benzene rings is 2. The van der Waals surface area contributed by atoms with Crippen LogP contribution in [0, 0.1) is 27.7 Å². The van der Waals surface area contributed by atoms with Crippen LogP contribution >= 0.6 is 0 Å². The highest BCUT2D eigenvalue weighted by Crippen LogP contribution is 2.50. The van der Waals surface area contributed by atoms with E-state index < -0.39 is 8.07 Å². The van der Waals surface area contributed by atoms with E-state index >= 15 is 0 Å². The molecule has 27 heavy (non-hydrogen) atoms. The lowest BCUT2D eigenvalue weighted by atomic mass is 10.0. The molecule has 0 unspecified atom stereocenters. The molecule has 0 saturated heterocycles. The third-order valence-electron chi connectivity index (χ3n) is 6.64. The van der Waals surface area contributed by atoms with Crippen LogP contribution < -0.4 is 0 Å². The molecule has 0 radical (unpaired) electrons. The molecule has 0 spiro atoms. The molecule has 2 aromatic carbocycles. The van der Waals surface area contributed by atoms with Crippen LogP contribution in [0.2, 0.25) is 13.1 Å². The van der Waals surface area contributed by atoms with Crippen molar-refractivity contribution >= 4 is 18.5 Å². The molecule has 140 valence electrons. The quantitative estimate of drug-likeness (QED) is 0.495. The van der Waals surface area contributed by atoms with Crippen LogP contribution in [0.1, 0.15) is 58.4 Å². The zero-order valence-corrected chi connectivity index (χ0v) is 19.2. The van der Waals surface area contributed by atoms with Gasteiger partial charge in [0.05, 0.1) is 0 Å².